The first kappa shape index (κ1) is 12.8. The molecule has 0 atom stereocenters. The van der Waals surface area contributed by atoms with Gasteiger partial charge in [-0.15, -0.1) is 0 Å². The van der Waals surface area contributed by atoms with E-state index in [0.29, 0.717) is 5.88 Å². The maximum Gasteiger partial charge on any atom is 0.214 e. The molecule has 3 heteroatoms. The molecule has 96 valence electrons. The third-order valence-corrected chi connectivity index (χ3v) is 2.70. The summed E-state index contributed by atoms with van der Waals surface area (Å²) < 4.78 is 5.70. The van der Waals surface area contributed by atoms with Crippen LogP contribution in [0.5, 0.6) is 5.88 Å². The summed E-state index contributed by atoms with van der Waals surface area (Å²) in [6.45, 7) is 7.93. The molecule has 0 radical (unpaired) electrons. The Morgan fingerprint density at radius 2 is 2.06 bits per heavy atom. The number of nitrogens with one attached hydrogen (secondary N) is 1. The maximum absolute atomic E-state index is 5.70. The highest BCUT2D eigenvalue weighted by molar-refractivity contribution is 5.82. The van der Waals surface area contributed by atoms with Gasteiger partial charge in [-0.3, -0.25) is 0 Å². The minimum absolute atomic E-state index is 0.144. The lowest BCUT2D eigenvalue weighted by molar-refractivity contribution is 0.233. The van der Waals surface area contributed by atoms with Gasteiger partial charge in [0.15, 0.2) is 0 Å². The molecular formula is C15H20N2O. The van der Waals surface area contributed by atoms with Crippen molar-refractivity contribution in [2.45, 2.75) is 33.4 Å². The van der Waals surface area contributed by atoms with Gasteiger partial charge in [0.1, 0.15) is 0 Å². The Labute approximate surface area is 108 Å². The Morgan fingerprint density at radius 1 is 1.28 bits per heavy atom. The number of nitrogens with zero attached hydrogens (tertiary/aromatic N) is 1. The van der Waals surface area contributed by atoms with Gasteiger partial charge in [0.25, 0.3) is 0 Å². The molecule has 0 aliphatic rings. The summed E-state index contributed by atoms with van der Waals surface area (Å²) in [5, 5.41) is 4.54. The molecule has 1 aromatic carbocycles. The fourth-order valence-corrected chi connectivity index (χ4v) is 1.93. The lowest BCUT2D eigenvalue weighted by atomic mass is 10.1. The second kappa shape index (κ2) is 5.83. The van der Waals surface area contributed by atoms with Crippen molar-refractivity contribution in [2.75, 3.05) is 6.54 Å². The van der Waals surface area contributed by atoms with Gasteiger partial charge in [-0.05, 0) is 32.0 Å². The number of rotatable bonds is 5. The highest BCUT2D eigenvalue weighted by Gasteiger charge is 2.07. The van der Waals surface area contributed by atoms with Crippen LogP contribution in [0, 0.1) is 0 Å². The Balaban J connectivity index is 2.43. The quantitative estimate of drug-likeness (QED) is 0.877. The fraction of sp³-hybridized carbons (Fsp3) is 0.400. The first-order valence-electron chi connectivity index (χ1n) is 6.46. The summed E-state index contributed by atoms with van der Waals surface area (Å²) in [7, 11) is 0. The van der Waals surface area contributed by atoms with E-state index in [-0.39, 0.29) is 6.10 Å². The minimum atomic E-state index is 0.144. The van der Waals surface area contributed by atoms with Gasteiger partial charge >= 0.3 is 0 Å². The molecule has 0 bridgehead atoms. The van der Waals surface area contributed by atoms with Crippen molar-refractivity contribution in [1.29, 1.82) is 0 Å². The zero-order valence-corrected chi connectivity index (χ0v) is 11.2. The molecule has 0 amide bonds. The molecule has 0 aliphatic carbocycles. The molecule has 0 aliphatic heterocycles. The van der Waals surface area contributed by atoms with Gasteiger partial charge in [-0.1, -0.05) is 25.1 Å². The van der Waals surface area contributed by atoms with E-state index >= 15 is 0 Å². The zero-order chi connectivity index (χ0) is 13.0. The van der Waals surface area contributed by atoms with Crippen molar-refractivity contribution < 1.29 is 4.74 Å². The molecule has 2 aromatic rings. The normalized spacial score (nSPS) is 11.1. The van der Waals surface area contributed by atoms with E-state index in [9.17, 15) is 0 Å². The van der Waals surface area contributed by atoms with E-state index in [1.807, 2.05) is 38.1 Å². The topological polar surface area (TPSA) is 34.1 Å². The van der Waals surface area contributed by atoms with Crippen LogP contribution in [0.4, 0.5) is 0 Å². The van der Waals surface area contributed by atoms with Crippen LogP contribution in [-0.4, -0.2) is 17.6 Å². The highest BCUT2D eigenvalue weighted by atomic mass is 16.5. The predicted octanol–water partition coefficient (Wildman–Crippen LogP) is 3.13. The molecule has 0 saturated carbocycles. The zero-order valence-electron chi connectivity index (χ0n) is 11.2. The number of ether oxygens (including phenoxy) is 1. The third kappa shape index (κ3) is 2.99. The minimum Gasteiger partial charge on any atom is -0.475 e. The Morgan fingerprint density at radius 3 is 2.78 bits per heavy atom. The standard InChI is InChI=1S/C15H20N2O/c1-4-16-10-12-9-15(18-11(2)3)17-14-8-6-5-7-13(12)14/h5-9,11,16H,4,10H2,1-3H3. The van der Waals surface area contributed by atoms with E-state index < -0.39 is 0 Å². The summed E-state index contributed by atoms with van der Waals surface area (Å²) in [4.78, 5) is 4.53. The number of aromatic nitrogens is 1. The monoisotopic (exact) mass is 244 g/mol. The fourth-order valence-electron chi connectivity index (χ4n) is 1.93. The van der Waals surface area contributed by atoms with E-state index in [1.54, 1.807) is 0 Å². The molecule has 1 N–H and O–H groups in total. The molecule has 1 aromatic heterocycles. The second-order valence-corrected chi connectivity index (χ2v) is 4.58. The average Bonchev–Trinajstić information content (AvgIpc) is 2.35. The van der Waals surface area contributed by atoms with Gasteiger partial charge in [0.05, 0.1) is 11.6 Å². The molecule has 18 heavy (non-hydrogen) atoms. The Kier molecular flexibility index (Phi) is 4.15. The number of hydrogen-bond donors (Lipinski definition) is 1. The van der Waals surface area contributed by atoms with E-state index in [4.69, 9.17) is 4.74 Å². The first-order valence-corrected chi connectivity index (χ1v) is 6.46. The Bertz CT molecular complexity index is 523. The molecule has 0 saturated heterocycles. The van der Waals surface area contributed by atoms with Crippen molar-refractivity contribution >= 4 is 10.9 Å². The highest BCUT2D eigenvalue weighted by Crippen LogP contribution is 2.22. The molecule has 0 fully saturated rings. The molecular weight excluding hydrogens is 224 g/mol. The number of hydrogen-bond acceptors (Lipinski definition) is 3. The summed E-state index contributed by atoms with van der Waals surface area (Å²) in [5.41, 5.74) is 2.22. The van der Waals surface area contributed by atoms with Crippen LogP contribution in [0.3, 0.4) is 0 Å². The van der Waals surface area contributed by atoms with Crippen molar-refractivity contribution in [1.82, 2.24) is 10.3 Å². The summed E-state index contributed by atoms with van der Waals surface area (Å²) >= 11 is 0. The van der Waals surface area contributed by atoms with E-state index in [0.717, 1.165) is 18.6 Å². The van der Waals surface area contributed by atoms with Crippen molar-refractivity contribution in [3.63, 3.8) is 0 Å². The average molecular weight is 244 g/mol. The van der Waals surface area contributed by atoms with E-state index in [2.05, 4.69) is 23.3 Å². The van der Waals surface area contributed by atoms with Gasteiger partial charge in [-0.25, -0.2) is 4.98 Å². The smallest absolute Gasteiger partial charge is 0.214 e. The Hall–Kier alpha value is -1.61. The number of pyridine rings is 1. The number of fused-ring (bicyclic) bond motifs is 1. The van der Waals surface area contributed by atoms with Crippen LogP contribution >= 0.6 is 0 Å². The largest absolute Gasteiger partial charge is 0.475 e. The van der Waals surface area contributed by atoms with Crippen LogP contribution in [0.2, 0.25) is 0 Å². The first-order chi connectivity index (χ1) is 8.70. The third-order valence-electron chi connectivity index (χ3n) is 2.70. The molecule has 3 nitrogen and oxygen atoms in total. The van der Waals surface area contributed by atoms with Crippen molar-refractivity contribution in [2.24, 2.45) is 0 Å². The van der Waals surface area contributed by atoms with Crippen molar-refractivity contribution in [3.05, 3.63) is 35.9 Å². The summed E-state index contributed by atoms with van der Waals surface area (Å²) in [6.07, 6.45) is 0.144. The van der Waals surface area contributed by atoms with Gasteiger partial charge in [0.2, 0.25) is 5.88 Å². The van der Waals surface area contributed by atoms with E-state index in [1.165, 1.54) is 10.9 Å². The van der Waals surface area contributed by atoms with Crippen molar-refractivity contribution in [3.8, 4) is 5.88 Å². The van der Waals surface area contributed by atoms with Crippen LogP contribution in [-0.2, 0) is 6.54 Å². The molecule has 0 spiro atoms. The van der Waals surface area contributed by atoms with Crippen LogP contribution < -0.4 is 10.1 Å². The number of para-hydroxylation sites is 1. The molecule has 0 unspecified atom stereocenters. The summed E-state index contributed by atoms with van der Waals surface area (Å²) in [6, 6.07) is 10.2. The lowest BCUT2D eigenvalue weighted by Gasteiger charge is -2.12. The number of benzene rings is 1. The van der Waals surface area contributed by atoms with Gasteiger partial charge in [0, 0.05) is 18.0 Å². The van der Waals surface area contributed by atoms with Crippen LogP contribution in [0.15, 0.2) is 30.3 Å². The second-order valence-electron chi connectivity index (χ2n) is 4.58. The predicted molar refractivity (Wildman–Crippen MR) is 74.9 cm³/mol. The van der Waals surface area contributed by atoms with Gasteiger partial charge in [-0.2, -0.15) is 0 Å². The van der Waals surface area contributed by atoms with Gasteiger partial charge < -0.3 is 10.1 Å². The maximum atomic E-state index is 5.70. The molecule has 1 heterocycles. The molecule has 2 rings (SSSR count). The summed E-state index contributed by atoms with van der Waals surface area (Å²) in [5.74, 6) is 0.705. The SMILES string of the molecule is CCNCc1cc(OC(C)C)nc2ccccc12. The van der Waals surface area contributed by atoms with Crippen LogP contribution in [0.1, 0.15) is 26.3 Å². The lowest BCUT2D eigenvalue weighted by Crippen LogP contribution is -2.13. The van der Waals surface area contributed by atoms with Crippen LogP contribution in [0.25, 0.3) is 10.9 Å².